The average Bonchev–Trinajstić information content (AvgIpc) is 0.744. The molecule has 0 unspecified atom stereocenters. The van der Waals surface area contributed by atoms with Gasteiger partial charge in [-0.3, -0.25) is 19.2 Å². The molecule has 20 rings (SSSR count). The van der Waals surface area contributed by atoms with Crippen LogP contribution in [0.3, 0.4) is 0 Å². The van der Waals surface area contributed by atoms with Crippen molar-refractivity contribution >= 4 is 84.3 Å². The highest BCUT2D eigenvalue weighted by atomic mass is 16.5. The zero-order valence-corrected chi connectivity index (χ0v) is 69.5. The second kappa shape index (κ2) is 38.8. The molecule has 626 valence electrons. The summed E-state index contributed by atoms with van der Waals surface area (Å²) in [6.07, 6.45) is 0. The third kappa shape index (κ3) is 17.8. The van der Waals surface area contributed by atoms with Gasteiger partial charge in [0, 0.05) is 94.4 Å². The van der Waals surface area contributed by atoms with Gasteiger partial charge in [-0.25, -0.2) is 4.79 Å². The molecule has 8 atom stereocenters. The molecule has 0 saturated heterocycles. The minimum absolute atomic E-state index is 0.0168. The SMILES string of the molecule is O=C(O)C1[C@H](c2ccccc2)C(CNc2ccc3ccccc3c2)[C@H]1c1ccccc1.O=C(O)C1[C@H](c2ccccc2)C(CNc2cccc3ccccc23)[C@H]1c1ccccc1.O=C(O)C1[C@H](c2ccccc2)C(COc2cccc3ccccc23)[C@H]1c1ccccc1.O=C(OCC1[C@@H](c2ccccc2)C(C(=O)O)[C@@H]1c1ccccc1)c1cccc2ccccc12. The van der Waals surface area contributed by atoms with Crippen molar-refractivity contribution in [1.29, 1.82) is 0 Å². The molecule has 0 amide bonds. The van der Waals surface area contributed by atoms with Crippen LogP contribution in [-0.2, 0) is 23.9 Å². The number of hydrogen-bond donors (Lipinski definition) is 6. The van der Waals surface area contributed by atoms with Crippen molar-refractivity contribution in [1.82, 2.24) is 0 Å². The van der Waals surface area contributed by atoms with E-state index >= 15 is 0 Å². The summed E-state index contributed by atoms with van der Waals surface area (Å²) in [6.45, 7) is 2.07. The average molecular weight is 1660 g/mol. The van der Waals surface area contributed by atoms with Crippen molar-refractivity contribution in [2.75, 3.05) is 36.9 Å². The number of carbonyl (C=O) groups excluding carboxylic acids is 1. The van der Waals surface area contributed by atoms with Gasteiger partial charge in [0.2, 0.25) is 0 Å². The van der Waals surface area contributed by atoms with E-state index in [0.29, 0.717) is 12.2 Å². The topological polar surface area (TPSA) is 209 Å². The second-order valence-electron chi connectivity index (χ2n) is 33.4. The van der Waals surface area contributed by atoms with Crippen LogP contribution in [0.2, 0.25) is 0 Å². The highest BCUT2D eigenvalue weighted by Crippen LogP contribution is 2.62. The van der Waals surface area contributed by atoms with Crippen molar-refractivity contribution < 1.29 is 53.9 Å². The van der Waals surface area contributed by atoms with E-state index in [-0.39, 0.29) is 83.6 Å². The lowest BCUT2D eigenvalue weighted by Gasteiger charge is -2.51. The highest BCUT2D eigenvalue weighted by molar-refractivity contribution is 6.04. The van der Waals surface area contributed by atoms with Crippen LogP contribution in [0.5, 0.6) is 5.75 Å². The third-order valence-electron chi connectivity index (χ3n) is 26.6. The van der Waals surface area contributed by atoms with Crippen LogP contribution in [0.15, 0.2) is 413 Å². The van der Waals surface area contributed by atoms with Crippen LogP contribution in [0.1, 0.15) is 102 Å². The number of ether oxygens (including phenoxy) is 2. The molecule has 0 bridgehead atoms. The quantitative estimate of drug-likeness (QED) is 0.0312. The van der Waals surface area contributed by atoms with Crippen molar-refractivity contribution in [3.63, 3.8) is 0 Å². The van der Waals surface area contributed by atoms with Gasteiger partial charge in [0.15, 0.2) is 0 Å². The maximum atomic E-state index is 13.1. The normalized spacial score (nSPS) is 22.4. The summed E-state index contributed by atoms with van der Waals surface area (Å²) in [7, 11) is 0. The second-order valence-corrected chi connectivity index (χ2v) is 33.4. The first-order valence-corrected chi connectivity index (χ1v) is 43.4. The summed E-state index contributed by atoms with van der Waals surface area (Å²) in [5.41, 5.74) is 11.1. The fourth-order valence-electron chi connectivity index (χ4n) is 20.8. The highest BCUT2D eigenvalue weighted by Gasteiger charge is 2.59. The molecule has 6 N–H and O–H groups in total. The lowest BCUT2D eigenvalue weighted by molar-refractivity contribution is -0.152. The maximum absolute atomic E-state index is 13.1. The standard InChI is InChI=1S/C29H24O4.2C28H25NO2.C28H24O3/c30-28(31)27-25(20-11-3-1-4-12-20)24(26(27)21-13-5-2-6-14-21)18-33-29(32)23-17-9-15-19-10-7-8-16-22(19)23;30-28(31)27-25(20-11-3-1-4-12-20)23(26(27)21-13-5-2-6-14-21)18-29-24-17-9-15-19-10-7-8-16-22(19)24;30-28(31)27-25(20-10-3-1-4-11-20)24(26(27)21-12-5-2-6-13-21)18-29-23-16-15-19-9-7-8-14-22(19)17-23;29-28(30)27-25(20-11-3-1-4-12-20)23(26(27)21-13-5-2-6-14-21)18-31-24-17-9-15-19-10-7-8-16-22(19)24/h1-17,24-27H,18H2,(H,30,31);1-17,23,25-27,29H,18H2,(H,30,31);1-17,24-27,29H,18H2,(H,30,31);1-17,23,25-27H,18H2,(H,29,30)/t24?,25-,26-,27?;23?,25-,26-,27?;24?,25-,26-,27?;23?,25-,26-,27?/m1111/s1. The molecule has 0 heterocycles. The maximum Gasteiger partial charge on any atom is 0.338 e. The van der Waals surface area contributed by atoms with Gasteiger partial charge in [0.25, 0.3) is 0 Å². The van der Waals surface area contributed by atoms with E-state index in [4.69, 9.17) is 9.47 Å². The number of carboxylic acid groups (broad SMARTS) is 4. The number of carboxylic acids is 4. The molecule has 16 aromatic carbocycles. The van der Waals surface area contributed by atoms with E-state index in [2.05, 4.69) is 144 Å². The van der Waals surface area contributed by atoms with E-state index in [9.17, 15) is 44.4 Å². The lowest BCUT2D eigenvalue weighted by Crippen LogP contribution is -2.50. The summed E-state index contributed by atoms with van der Waals surface area (Å²) < 4.78 is 12.2. The van der Waals surface area contributed by atoms with E-state index in [1.165, 1.54) is 21.5 Å². The summed E-state index contributed by atoms with van der Waals surface area (Å²) in [4.78, 5) is 62.3. The van der Waals surface area contributed by atoms with Crippen LogP contribution in [0, 0.1) is 47.3 Å². The van der Waals surface area contributed by atoms with Crippen LogP contribution in [-0.4, -0.2) is 76.6 Å². The molecule has 0 radical (unpaired) electrons. The Labute approximate surface area is 733 Å². The molecule has 4 aliphatic rings. The largest absolute Gasteiger partial charge is 0.493 e. The first-order valence-electron chi connectivity index (χ1n) is 43.4. The van der Waals surface area contributed by atoms with E-state index < -0.39 is 47.5 Å². The van der Waals surface area contributed by atoms with Gasteiger partial charge in [-0.05, 0) is 119 Å². The first-order chi connectivity index (χ1) is 61.8. The Morgan fingerprint density at radius 1 is 0.246 bits per heavy atom. The Balaban J connectivity index is 0.000000119. The molecule has 126 heavy (non-hydrogen) atoms. The molecular weight excluding hydrogens is 1560 g/mol. The minimum atomic E-state index is -0.825. The first kappa shape index (κ1) is 83.6. The lowest BCUT2D eigenvalue weighted by atomic mass is 9.52. The molecule has 13 nitrogen and oxygen atoms in total. The van der Waals surface area contributed by atoms with E-state index in [1.54, 1.807) is 6.07 Å². The Kier molecular flexibility index (Phi) is 25.7. The van der Waals surface area contributed by atoms with Crippen molar-refractivity contribution in [3.05, 3.63) is 463 Å². The Morgan fingerprint density at radius 2 is 0.532 bits per heavy atom. The zero-order valence-electron chi connectivity index (χ0n) is 69.5. The molecule has 0 aromatic heterocycles. The van der Waals surface area contributed by atoms with Gasteiger partial charge in [0.1, 0.15) is 5.75 Å². The van der Waals surface area contributed by atoms with Gasteiger partial charge >= 0.3 is 29.8 Å². The molecule has 4 aliphatic carbocycles. The summed E-state index contributed by atoms with van der Waals surface area (Å²) >= 11 is 0. The van der Waals surface area contributed by atoms with Crippen LogP contribution in [0.25, 0.3) is 43.1 Å². The van der Waals surface area contributed by atoms with Crippen LogP contribution < -0.4 is 15.4 Å². The molecule has 4 saturated carbocycles. The number of fused-ring (bicyclic) bond motifs is 4. The zero-order chi connectivity index (χ0) is 86.4. The minimum Gasteiger partial charge on any atom is -0.493 e. The number of anilines is 2. The summed E-state index contributed by atoms with van der Waals surface area (Å²) in [5.74, 6) is -4.82. The third-order valence-corrected chi connectivity index (χ3v) is 26.6. The van der Waals surface area contributed by atoms with Crippen molar-refractivity contribution in [2.45, 2.75) is 47.3 Å². The number of carbonyl (C=O) groups is 5. The Bertz CT molecular complexity index is 6010. The Morgan fingerprint density at radius 3 is 0.921 bits per heavy atom. The number of aliphatic carboxylic acids is 4. The predicted octanol–water partition coefficient (Wildman–Crippen LogP) is 24.3. The molecule has 0 aliphatic heterocycles. The number of benzene rings is 16. The molecule has 4 fully saturated rings. The van der Waals surface area contributed by atoms with Crippen molar-refractivity contribution in [3.8, 4) is 5.75 Å². The van der Waals surface area contributed by atoms with E-state index in [0.717, 1.165) is 96.3 Å². The monoisotopic (exact) mass is 1660 g/mol. The van der Waals surface area contributed by atoms with Gasteiger partial charge in [-0.2, -0.15) is 0 Å². The smallest absolute Gasteiger partial charge is 0.338 e. The molecule has 13 heteroatoms. The van der Waals surface area contributed by atoms with Gasteiger partial charge in [-0.15, -0.1) is 0 Å². The van der Waals surface area contributed by atoms with E-state index in [1.807, 2.05) is 273 Å². The number of nitrogens with one attached hydrogen (secondary N) is 2. The Hall–Kier alpha value is -14.7. The number of rotatable bonds is 24. The summed E-state index contributed by atoms with van der Waals surface area (Å²) in [6, 6.07) is 137. The number of esters is 1. The van der Waals surface area contributed by atoms with Gasteiger partial charge < -0.3 is 40.5 Å². The fourth-order valence-corrected chi connectivity index (χ4v) is 20.8. The number of hydrogen-bond acceptors (Lipinski definition) is 9. The molecular formula is C113H98N2O11. The van der Waals surface area contributed by atoms with Crippen LogP contribution in [0.4, 0.5) is 11.4 Å². The summed E-state index contributed by atoms with van der Waals surface area (Å²) in [5, 5.41) is 56.5. The van der Waals surface area contributed by atoms with Gasteiger partial charge in [-0.1, -0.05) is 382 Å². The van der Waals surface area contributed by atoms with Gasteiger partial charge in [0.05, 0.1) is 42.4 Å². The molecule has 16 aromatic rings. The van der Waals surface area contributed by atoms with Crippen molar-refractivity contribution in [2.24, 2.45) is 47.3 Å². The fraction of sp³-hybridized carbons (Fsp3) is 0.177. The van der Waals surface area contributed by atoms with Crippen LogP contribution >= 0.6 is 0 Å². The predicted molar refractivity (Wildman–Crippen MR) is 500 cm³/mol. The molecule has 0 spiro atoms.